The number of carbonyl (C=O) groups is 1. The van der Waals surface area contributed by atoms with Crippen molar-refractivity contribution in [2.45, 2.75) is 51.1 Å². The van der Waals surface area contributed by atoms with Crippen LogP contribution in [0.15, 0.2) is 34.0 Å². The Bertz CT molecular complexity index is 610. The van der Waals surface area contributed by atoms with Crippen molar-refractivity contribution in [1.82, 2.24) is 4.90 Å². The first-order valence-electron chi connectivity index (χ1n) is 8.26. The summed E-state index contributed by atoms with van der Waals surface area (Å²) in [5, 5.41) is 0. The highest BCUT2D eigenvalue weighted by molar-refractivity contribution is 14.1. The third-order valence-electron chi connectivity index (χ3n) is 5.46. The minimum Gasteiger partial charge on any atom is -0.469 e. The van der Waals surface area contributed by atoms with Gasteiger partial charge in [0, 0.05) is 23.7 Å². The van der Waals surface area contributed by atoms with Gasteiger partial charge in [-0.15, -0.1) is 0 Å². The standard InChI is InChI=1S/C19H24INO2/c1-12-4-6-14(7-5-12)16-10-15-8-9-17(18(16)19(22)23-3)21(15)13(2)11-20/h4-7,11,15-18H,8-10H2,1-3H3/t15-,16+,17+,18-/m0/s1. The number of benzene rings is 1. The fourth-order valence-electron chi connectivity index (χ4n) is 4.42. The largest absolute Gasteiger partial charge is 0.469 e. The van der Waals surface area contributed by atoms with E-state index in [4.69, 9.17) is 4.74 Å². The quantitative estimate of drug-likeness (QED) is 0.531. The summed E-state index contributed by atoms with van der Waals surface area (Å²) in [5.41, 5.74) is 3.81. The summed E-state index contributed by atoms with van der Waals surface area (Å²) in [6, 6.07) is 9.47. The average molecular weight is 425 g/mol. The van der Waals surface area contributed by atoms with Gasteiger partial charge in [0.25, 0.3) is 0 Å². The van der Waals surface area contributed by atoms with E-state index >= 15 is 0 Å². The Kier molecular flexibility index (Phi) is 4.99. The average Bonchev–Trinajstić information content (AvgIpc) is 2.88. The summed E-state index contributed by atoms with van der Waals surface area (Å²) in [7, 11) is 1.51. The minimum atomic E-state index is -0.0762. The molecule has 0 unspecified atom stereocenters. The van der Waals surface area contributed by atoms with Gasteiger partial charge in [0.1, 0.15) is 0 Å². The molecule has 2 bridgehead atoms. The van der Waals surface area contributed by atoms with Gasteiger partial charge in [-0.2, -0.15) is 0 Å². The molecule has 0 saturated carbocycles. The first-order chi connectivity index (χ1) is 11.1. The molecule has 124 valence electrons. The lowest BCUT2D eigenvalue weighted by atomic mass is 9.75. The zero-order chi connectivity index (χ0) is 16.6. The van der Waals surface area contributed by atoms with Crippen molar-refractivity contribution >= 4 is 28.6 Å². The summed E-state index contributed by atoms with van der Waals surface area (Å²) in [4.78, 5) is 15.1. The molecular weight excluding hydrogens is 401 g/mol. The van der Waals surface area contributed by atoms with Crippen LogP contribution in [-0.2, 0) is 9.53 Å². The van der Waals surface area contributed by atoms with Crippen LogP contribution in [0.25, 0.3) is 0 Å². The number of piperidine rings is 1. The number of hydrogen-bond acceptors (Lipinski definition) is 3. The number of fused-ring (bicyclic) bond motifs is 2. The molecule has 23 heavy (non-hydrogen) atoms. The number of methoxy groups -OCH3 is 1. The van der Waals surface area contributed by atoms with E-state index in [0.717, 1.165) is 12.8 Å². The number of carbonyl (C=O) groups excluding carboxylic acids is 1. The summed E-state index contributed by atoms with van der Waals surface area (Å²) < 4.78 is 7.32. The highest BCUT2D eigenvalue weighted by atomic mass is 127. The number of nitrogens with zero attached hydrogens (tertiary/aromatic N) is 1. The van der Waals surface area contributed by atoms with Crippen LogP contribution in [-0.4, -0.2) is 30.1 Å². The molecule has 2 heterocycles. The first kappa shape index (κ1) is 16.8. The monoisotopic (exact) mass is 425 g/mol. The Morgan fingerprint density at radius 1 is 1.30 bits per heavy atom. The van der Waals surface area contributed by atoms with Crippen LogP contribution >= 0.6 is 22.6 Å². The minimum absolute atomic E-state index is 0.0628. The predicted octanol–water partition coefficient (Wildman–Crippen LogP) is 4.40. The maximum atomic E-state index is 12.6. The molecule has 0 spiro atoms. The molecule has 0 amide bonds. The van der Waals surface area contributed by atoms with Crippen molar-refractivity contribution < 1.29 is 9.53 Å². The molecular formula is C19H24INO2. The van der Waals surface area contributed by atoms with Gasteiger partial charge in [0.05, 0.1) is 13.0 Å². The van der Waals surface area contributed by atoms with E-state index in [9.17, 15) is 4.79 Å². The lowest BCUT2D eigenvalue weighted by molar-refractivity contribution is -0.150. The summed E-state index contributed by atoms with van der Waals surface area (Å²) in [6.07, 6.45) is 3.28. The third kappa shape index (κ3) is 3.02. The molecule has 2 saturated heterocycles. The lowest BCUT2D eigenvalue weighted by Crippen LogP contribution is -2.50. The van der Waals surface area contributed by atoms with Crippen LogP contribution in [0.2, 0.25) is 0 Å². The first-order valence-corrected chi connectivity index (χ1v) is 9.51. The molecule has 3 nitrogen and oxygen atoms in total. The number of esters is 1. The van der Waals surface area contributed by atoms with Crippen molar-refractivity contribution in [2.24, 2.45) is 5.92 Å². The highest BCUT2D eigenvalue weighted by Gasteiger charge is 2.51. The van der Waals surface area contributed by atoms with Gasteiger partial charge in [-0.1, -0.05) is 52.4 Å². The fraction of sp³-hybridized carbons (Fsp3) is 0.526. The summed E-state index contributed by atoms with van der Waals surface area (Å²) in [5.74, 6) is 0.124. The van der Waals surface area contributed by atoms with Crippen molar-refractivity contribution in [1.29, 1.82) is 0 Å². The Morgan fingerprint density at radius 2 is 2.00 bits per heavy atom. The maximum Gasteiger partial charge on any atom is 0.311 e. The number of hydrogen-bond donors (Lipinski definition) is 0. The molecule has 1 aromatic carbocycles. The second-order valence-corrected chi connectivity index (χ2v) is 7.38. The van der Waals surface area contributed by atoms with Gasteiger partial charge in [0.2, 0.25) is 0 Å². The van der Waals surface area contributed by atoms with Gasteiger partial charge in [-0.3, -0.25) is 4.79 Å². The number of halogens is 1. The van der Waals surface area contributed by atoms with E-state index in [1.54, 1.807) is 0 Å². The predicted molar refractivity (Wildman–Crippen MR) is 100 cm³/mol. The normalized spacial score (nSPS) is 30.4. The zero-order valence-electron chi connectivity index (χ0n) is 14.0. The van der Waals surface area contributed by atoms with E-state index in [-0.39, 0.29) is 23.8 Å². The molecule has 4 atom stereocenters. The molecule has 2 fully saturated rings. The van der Waals surface area contributed by atoms with Crippen LogP contribution in [0.1, 0.15) is 43.2 Å². The van der Waals surface area contributed by atoms with Gasteiger partial charge < -0.3 is 9.64 Å². The van der Waals surface area contributed by atoms with Crippen LogP contribution in [0.3, 0.4) is 0 Å². The van der Waals surface area contributed by atoms with E-state index < -0.39 is 0 Å². The van der Waals surface area contributed by atoms with Crippen LogP contribution in [0, 0.1) is 12.8 Å². The van der Waals surface area contributed by atoms with Crippen molar-refractivity contribution in [3.05, 3.63) is 45.2 Å². The van der Waals surface area contributed by atoms with Gasteiger partial charge in [-0.05, 0) is 42.8 Å². The van der Waals surface area contributed by atoms with Crippen molar-refractivity contribution in [3.8, 4) is 0 Å². The Hall–Kier alpha value is -1.04. The van der Waals surface area contributed by atoms with Crippen molar-refractivity contribution in [2.75, 3.05) is 7.11 Å². The molecule has 0 aliphatic carbocycles. The van der Waals surface area contributed by atoms with E-state index in [0.29, 0.717) is 6.04 Å². The Morgan fingerprint density at radius 3 is 2.61 bits per heavy atom. The smallest absolute Gasteiger partial charge is 0.311 e. The number of rotatable bonds is 3. The molecule has 2 aliphatic heterocycles. The van der Waals surface area contributed by atoms with Crippen LogP contribution in [0.5, 0.6) is 0 Å². The topological polar surface area (TPSA) is 29.5 Å². The Balaban J connectivity index is 1.98. The molecule has 2 aliphatic rings. The molecule has 0 N–H and O–H groups in total. The van der Waals surface area contributed by atoms with E-state index in [1.807, 2.05) is 0 Å². The molecule has 0 aromatic heterocycles. The van der Waals surface area contributed by atoms with Crippen LogP contribution in [0.4, 0.5) is 0 Å². The summed E-state index contributed by atoms with van der Waals surface area (Å²) >= 11 is 2.30. The second kappa shape index (κ2) is 6.83. The van der Waals surface area contributed by atoms with Gasteiger partial charge in [0.15, 0.2) is 0 Å². The number of allylic oxidation sites excluding steroid dienone is 1. The fourth-order valence-corrected chi connectivity index (χ4v) is 4.75. The zero-order valence-corrected chi connectivity index (χ0v) is 16.1. The molecule has 0 radical (unpaired) electrons. The third-order valence-corrected chi connectivity index (χ3v) is 6.37. The summed E-state index contributed by atoms with van der Waals surface area (Å²) in [6.45, 7) is 4.25. The van der Waals surface area contributed by atoms with E-state index in [2.05, 4.69) is 69.7 Å². The number of ether oxygens (including phenoxy) is 1. The SMILES string of the molecule is COC(=O)[C@H]1[C@@H](c2ccc(C)cc2)C[C@@H]2CC[C@H]1N2C(C)=CI. The molecule has 3 rings (SSSR count). The van der Waals surface area contributed by atoms with Gasteiger partial charge in [-0.25, -0.2) is 0 Å². The lowest BCUT2D eigenvalue weighted by Gasteiger charge is -2.45. The Labute approximate surface area is 152 Å². The van der Waals surface area contributed by atoms with Gasteiger partial charge >= 0.3 is 5.97 Å². The number of aryl methyl sites for hydroxylation is 1. The molecule has 4 heteroatoms. The second-order valence-electron chi connectivity index (χ2n) is 6.76. The van der Waals surface area contributed by atoms with Crippen molar-refractivity contribution in [3.63, 3.8) is 0 Å². The maximum absolute atomic E-state index is 12.6. The van der Waals surface area contributed by atoms with E-state index in [1.165, 1.54) is 30.4 Å². The highest BCUT2D eigenvalue weighted by Crippen LogP contribution is 2.48. The van der Waals surface area contributed by atoms with Crippen LogP contribution < -0.4 is 0 Å². The molecule has 1 aromatic rings.